The second kappa shape index (κ2) is 12.7. The van der Waals surface area contributed by atoms with Gasteiger partial charge >= 0.3 is 0 Å². The molecule has 0 fully saturated rings. The van der Waals surface area contributed by atoms with Crippen molar-refractivity contribution in [1.29, 1.82) is 0 Å². The molecule has 0 aliphatic carbocycles. The molecule has 1 aromatic carbocycles. The van der Waals surface area contributed by atoms with E-state index in [4.69, 9.17) is 9.47 Å². The van der Waals surface area contributed by atoms with Gasteiger partial charge in [-0.1, -0.05) is 17.7 Å². The number of nitrogens with one attached hydrogen (secondary N) is 2. The van der Waals surface area contributed by atoms with Gasteiger partial charge in [-0.3, -0.25) is 4.99 Å². The maximum absolute atomic E-state index is 5.63. The van der Waals surface area contributed by atoms with Crippen molar-refractivity contribution in [1.82, 2.24) is 10.6 Å². The molecule has 120 valence electrons. The normalized spacial score (nSPS) is 10.7. The number of nitrogens with zero attached hydrogens (tertiary/aromatic N) is 1. The summed E-state index contributed by atoms with van der Waals surface area (Å²) in [4.78, 5) is 4.14. The molecular formula is C15H26IN3O2. The molecule has 0 heterocycles. The minimum absolute atomic E-state index is 0. The van der Waals surface area contributed by atoms with Gasteiger partial charge in [-0.2, -0.15) is 0 Å². The van der Waals surface area contributed by atoms with E-state index in [1.54, 1.807) is 14.2 Å². The molecule has 1 rings (SSSR count). The number of guanidine groups is 1. The molecule has 6 heteroatoms. The van der Waals surface area contributed by atoms with Crippen LogP contribution in [0.25, 0.3) is 0 Å². The Morgan fingerprint density at radius 2 is 1.76 bits per heavy atom. The summed E-state index contributed by atoms with van der Waals surface area (Å²) in [6.45, 7) is 4.96. The molecule has 0 aliphatic heterocycles. The zero-order chi connectivity index (χ0) is 14.6. The summed E-state index contributed by atoms with van der Waals surface area (Å²) in [5, 5.41) is 6.41. The molecular weight excluding hydrogens is 381 g/mol. The average molecular weight is 407 g/mol. The van der Waals surface area contributed by atoms with Gasteiger partial charge in [-0.05, 0) is 25.5 Å². The third-order valence-electron chi connectivity index (χ3n) is 2.73. The Labute approximate surface area is 144 Å². The molecule has 0 unspecified atom stereocenters. The molecule has 0 atom stereocenters. The largest absolute Gasteiger partial charge is 0.492 e. The van der Waals surface area contributed by atoms with Crippen molar-refractivity contribution in [2.24, 2.45) is 4.99 Å². The van der Waals surface area contributed by atoms with Crippen LogP contribution in [0, 0.1) is 6.92 Å². The van der Waals surface area contributed by atoms with E-state index in [0.29, 0.717) is 13.2 Å². The van der Waals surface area contributed by atoms with E-state index in [-0.39, 0.29) is 24.0 Å². The van der Waals surface area contributed by atoms with E-state index in [1.165, 1.54) is 5.56 Å². The van der Waals surface area contributed by atoms with Gasteiger partial charge in [0, 0.05) is 27.3 Å². The number of methoxy groups -OCH3 is 1. The average Bonchev–Trinajstić information content (AvgIpc) is 2.47. The van der Waals surface area contributed by atoms with Crippen LogP contribution in [0.5, 0.6) is 5.75 Å². The van der Waals surface area contributed by atoms with Crippen LogP contribution in [0.3, 0.4) is 0 Å². The molecule has 5 nitrogen and oxygen atoms in total. The van der Waals surface area contributed by atoms with E-state index in [2.05, 4.69) is 22.5 Å². The maximum atomic E-state index is 5.63. The Morgan fingerprint density at radius 3 is 2.38 bits per heavy atom. The molecule has 0 aliphatic rings. The zero-order valence-electron chi connectivity index (χ0n) is 13.0. The van der Waals surface area contributed by atoms with E-state index < -0.39 is 0 Å². The van der Waals surface area contributed by atoms with E-state index in [9.17, 15) is 0 Å². The highest BCUT2D eigenvalue weighted by molar-refractivity contribution is 14.0. The van der Waals surface area contributed by atoms with Crippen LogP contribution in [-0.4, -0.2) is 46.4 Å². The van der Waals surface area contributed by atoms with Crippen LogP contribution < -0.4 is 15.4 Å². The highest BCUT2D eigenvalue weighted by atomic mass is 127. The number of aryl methyl sites for hydroxylation is 1. The van der Waals surface area contributed by atoms with Gasteiger partial charge in [0.15, 0.2) is 5.96 Å². The Hall–Kier alpha value is -1.02. The lowest BCUT2D eigenvalue weighted by atomic mass is 10.2. The number of halogens is 1. The lowest BCUT2D eigenvalue weighted by Crippen LogP contribution is -2.39. The summed E-state index contributed by atoms with van der Waals surface area (Å²) < 4.78 is 10.6. The molecule has 0 spiro atoms. The van der Waals surface area contributed by atoms with Crippen molar-refractivity contribution in [2.75, 3.05) is 40.5 Å². The highest BCUT2D eigenvalue weighted by Gasteiger charge is 1.97. The van der Waals surface area contributed by atoms with Gasteiger partial charge < -0.3 is 20.1 Å². The molecule has 0 amide bonds. The van der Waals surface area contributed by atoms with Crippen molar-refractivity contribution in [2.45, 2.75) is 13.3 Å². The standard InChI is InChI=1S/C15H25N3O2.HI/c1-13-5-7-14(8-6-13)20-12-10-18-15(16-2)17-9-4-11-19-3;/h5-8H,4,9-12H2,1-3H3,(H2,16,17,18);1H. The quantitative estimate of drug-likeness (QED) is 0.300. The second-order valence-electron chi connectivity index (χ2n) is 4.43. The maximum Gasteiger partial charge on any atom is 0.191 e. The van der Waals surface area contributed by atoms with Crippen LogP contribution >= 0.6 is 24.0 Å². The van der Waals surface area contributed by atoms with Gasteiger partial charge in [0.25, 0.3) is 0 Å². The Balaban J connectivity index is 0.00000400. The summed E-state index contributed by atoms with van der Waals surface area (Å²) in [7, 11) is 3.46. The summed E-state index contributed by atoms with van der Waals surface area (Å²) >= 11 is 0. The monoisotopic (exact) mass is 407 g/mol. The van der Waals surface area contributed by atoms with Crippen molar-refractivity contribution < 1.29 is 9.47 Å². The summed E-state index contributed by atoms with van der Waals surface area (Å²) in [5.41, 5.74) is 1.23. The second-order valence-corrected chi connectivity index (χ2v) is 4.43. The van der Waals surface area contributed by atoms with Crippen molar-refractivity contribution in [3.05, 3.63) is 29.8 Å². The molecule has 1 aromatic rings. The molecule has 21 heavy (non-hydrogen) atoms. The smallest absolute Gasteiger partial charge is 0.191 e. The van der Waals surface area contributed by atoms with Gasteiger partial charge in [-0.25, -0.2) is 0 Å². The summed E-state index contributed by atoms with van der Waals surface area (Å²) in [6.07, 6.45) is 0.955. The lowest BCUT2D eigenvalue weighted by Gasteiger charge is -2.12. The van der Waals surface area contributed by atoms with Gasteiger partial charge in [0.2, 0.25) is 0 Å². The number of benzene rings is 1. The van der Waals surface area contributed by atoms with Gasteiger partial charge in [0.05, 0.1) is 6.54 Å². The van der Waals surface area contributed by atoms with Crippen LogP contribution in [0.1, 0.15) is 12.0 Å². The molecule has 2 N–H and O–H groups in total. The first kappa shape index (κ1) is 20.0. The third kappa shape index (κ3) is 9.52. The van der Waals surface area contributed by atoms with E-state index in [1.807, 2.05) is 24.3 Å². The van der Waals surface area contributed by atoms with E-state index in [0.717, 1.165) is 31.3 Å². The molecule has 0 aromatic heterocycles. The Bertz CT molecular complexity index is 396. The molecule has 0 bridgehead atoms. The summed E-state index contributed by atoms with van der Waals surface area (Å²) in [5.74, 6) is 1.68. The van der Waals surface area contributed by atoms with Crippen LogP contribution in [0.15, 0.2) is 29.3 Å². The van der Waals surface area contributed by atoms with Crippen LogP contribution in [0.4, 0.5) is 0 Å². The minimum atomic E-state index is 0. The van der Waals surface area contributed by atoms with E-state index >= 15 is 0 Å². The fourth-order valence-corrected chi connectivity index (χ4v) is 1.62. The first-order valence-electron chi connectivity index (χ1n) is 6.89. The summed E-state index contributed by atoms with van der Waals surface area (Å²) in [6, 6.07) is 8.04. The van der Waals surface area contributed by atoms with Crippen molar-refractivity contribution in [3.63, 3.8) is 0 Å². The van der Waals surface area contributed by atoms with Crippen LogP contribution in [-0.2, 0) is 4.74 Å². The molecule has 0 radical (unpaired) electrons. The predicted molar refractivity (Wildman–Crippen MR) is 97.9 cm³/mol. The van der Waals surface area contributed by atoms with Crippen LogP contribution in [0.2, 0.25) is 0 Å². The Morgan fingerprint density at radius 1 is 1.10 bits per heavy atom. The first-order chi connectivity index (χ1) is 9.76. The Kier molecular flexibility index (Phi) is 12.1. The highest BCUT2D eigenvalue weighted by Crippen LogP contribution is 2.10. The number of hydrogen-bond acceptors (Lipinski definition) is 3. The first-order valence-corrected chi connectivity index (χ1v) is 6.89. The van der Waals surface area contributed by atoms with Crippen molar-refractivity contribution in [3.8, 4) is 5.75 Å². The minimum Gasteiger partial charge on any atom is -0.492 e. The fourth-order valence-electron chi connectivity index (χ4n) is 1.62. The fraction of sp³-hybridized carbons (Fsp3) is 0.533. The number of aliphatic imine (C=N–C) groups is 1. The number of ether oxygens (including phenoxy) is 2. The molecule has 0 saturated heterocycles. The number of hydrogen-bond donors (Lipinski definition) is 2. The predicted octanol–water partition coefficient (Wildman–Crippen LogP) is 2.19. The SMILES string of the molecule is CN=C(NCCCOC)NCCOc1ccc(C)cc1.I. The lowest BCUT2D eigenvalue weighted by molar-refractivity contribution is 0.195. The van der Waals surface area contributed by atoms with Gasteiger partial charge in [-0.15, -0.1) is 24.0 Å². The van der Waals surface area contributed by atoms with Crippen molar-refractivity contribution >= 4 is 29.9 Å². The zero-order valence-corrected chi connectivity index (χ0v) is 15.3. The topological polar surface area (TPSA) is 54.9 Å². The molecule has 0 saturated carbocycles. The van der Waals surface area contributed by atoms with Gasteiger partial charge in [0.1, 0.15) is 12.4 Å². The number of rotatable bonds is 8. The third-order valence-corrected chi connectivity index (χ3v) is 2.73.